The lowest BCUT2D eigenvalue weighted by atomic mass is 10.1. The van der Waals surface area contributed by atoms with E-state index in [-0.39, 0.29) is 42.2 Å². The fourth-order valence-electron chi connectivity index (χ4n) is 1.99. The molecular formula is C19H32N2O7S. The van der Waals surface area contributed by atoms with Crippen LogP contribution in [0.4, 0.5) is 0 Å². The lowest BCUT2D eigenvalue weighted by Gasteiger charge is -2.27. The topological polar surface area (TPSA) is 110 Å². The Labute approximate surface area is 176 Å². The van der Waals surface area contributed by atoms with E-state index in [0.717, 1.165) is 11.8 Å². The first-order valence-corrected chi connectivity index (χ1v) is 10.2. The van der Waals surface area contributed by atoms with Crippen molar-refractivity contribution in [3.8, 4) is 0 Å². The van der Waals surface area contributed by atoms with Crippen LogP contribution in [0.1, 0.15) is 41.0 Å². The van der Waals surface area contributed by atoms with Crippen molar-refractivity contribution < 1.29 is 33.4 Å². The molecule has 0 aliphatic carbocycles. The molecule has 0 bridgehead atoms. The van der Waals surface area contributed by atoms with E-state index in [0.29, 0.717) is 0 Å². The van der Waals surface area contributed by atoms with E-state index < -0.39 is 30.1 Å². The van der Waals surface area contributed by atoms with E-state index in [1.165, 1.54) is 30.8 Å². The molecule has 0 aromatic rings. The van der Waals surface area contributed by atoms with Crippen molar-refractivity contribution in [2.45, 2.75) is 46.6 Å². The standard InChI is InChI=1S/C19H32N2O7S/c1-13(12-29-14(2)22)18(26)21(10-17(25)28-19(3,4)5)9-8-16(24)27-11-15(23)20(6)7/h13H,8-12H2,1-7H3/t13-/m1/s1. The maximum Gasteiger partial charge on any atom is 0.326 e. The Morgan fingerprint density at radius 1 is 1.03 bits per heavy atom. The van der Waals surface area contributed by atoms with E-state index in [1.807, 2.05) is 0 Å². The first kappa shape index (κ1) is 26.9. The predicted octanol–water partition coefficient (Wildman–Crippen LogP) is 1.09. The van der Waals surface area contributed by atoms with Crippen LogP contribution in [0.25, 0.3) is 0 Å². The summed E-state index contributed by atoms with van der Waals surface area (Å²) >= 11 is 1.02. The number of rotatable bonds is 10. The normalized spacial score (nSPS) is 12.0. The van der Waals surface area contributed by atoms with Gasteiger partial charge in [0.2, 0.25) is 5.91 Å². The molecule has 2 amide bonds. The summed E-state index contributed by atoms with van der Waals surface area (Å²) in [5.74, 6) is -2.27. The summed E-state index contributed by atoms with van der Waals surface area (Å²) in [4.78, 5) is 61.9. The fourth-order valence-corrected chi connectivity index (χ4v) is 2.62. The monoisotopic (exact) mass is 432 g/mol. The lowest BCUT2D eigenvalue weighted by molar-refractivity contribution is -0.160. The van der Waals surface area contributed by atoms with Crippen molar-refractivity contribution in [1.29, 1.82) is 0 Å². The third-order valence-electron chi connectivity index (χ3n) is 3.45. The van der Waals surface area contributed by atoms with Crippen LogP contribution in [0.2, 0.25) is 0 Å². The summed E-state index contributed by atoms with van der Waals surface area (Å²) in [6, 6.07) is 0. The molecular weight excluding hydrogens is 400 g/mol. The number of ether oxygens (including phenoxy) is 2. The molecule has 0 spiro atoms. The summed E-state index contributed by atoms with van der Waals surface area (Å²) in [5, 5.41) is -0.113. The van der Waals surface area contributed by atoms with Gasteiger partial charge in [-0.05, 0) is 20.8 Å². The average molecular weight is 433 g/mol. The zero-order chi connectivity index (χ0) is 22.8. The maximum absolute atomic E-state index is 12.7. The van der Waals surface area contributed by atoms with Crippen molar-refractivity contribution >= 4 is 40.6 Å². The molecule has 9 nitrogen and oxygen atoms in total. The smallest absolute Gasteiger partial charge is 0.326 e. The second-order valence-corrected chi connectivity index (χ2v) is 8.95. The fraction of sp³-hybridized carbons (Fsp3) is 0.737. The van der Waals surface area contributed by atoms with Gasteiger partial charge in [-0.15, -0.1) is 0 Å². The van der Waals surface area contributed by atoms with Crippen LogP contribution in [0.15, 0.2) is 0 Å². The molecule has 0 aromatic carbocycles. The van der Waals surface area contributed by atoms with Crippen molar-refractivity contribution in [3.05, 3.63) is 0 Å². The molecule has 0 rings (SSSR count). The maximum atomic E-state index is 12.7. The lowest BCUT2D eigenvalue weighted by Crippen LogP contribution is -2.43. The van der Waals surface area contributed by atoms with Crippen LogP contribution >= 0.6 is 11.8 Å². The summed E-state index contributed by atoms with van der Waals surface area (Å²) in [6.45, 7) is 7.40. The molecule has 0 N–H and O–H groups in total. The highest BCUT2D eigenvalue weighted by atomic mass is 32.2. The number of carbonyl (C=O) groups is 5. The van der Waals surface area contributed by atoms with E-state index in [1.54, 1.807) is 27.7 Å². The molecule has 0 aliphatic heterocycles. The summed E-state index contributed by atoms with van der Waals surface area (Å²) in [7, 11) is 3.08. The van der Waals surface area contributed by atoms with E-state index in [4.69, 9.17) is 9.47 Å². The van der Waals surface area contributed by atoms with Crippen LogP contribution in [0.5, 0.6) is 0 Å². The van der Waals surface area contributed by atoms with Crippen molar-refractivity contribution in [1.82, 2.24) is 9.80 Å². The van der Waals surface area contributed by atoms with Gasteiger partial charge in [0.05, 0.1) is 6.42 Å². The van der Waals surface area contributed by atoms with Gasteiger partial charge in [0.15, 0.2) is 11.7 Å². The number of likely N-dealkylation sites (N-methyl/N-ethyl adjacent to an activating group) is 1. The number of thioether (sulfide) groups is 1. The molecule has 0 radical (unpaired) electrons. The first-order valence-electron chi connectivity index (χ1n) is 9.22. The van der Waals surface area contributed by atoms with Crippen LogP contribution in [0, 0.1) is 5.92 Å². The largest absolute Gasteiger partial charge is 0.459 e. The van der Waals surface area contributed by atoms with Crippen molar-refractivity contribution in [2.75, 3.05) is 39.5 Å². The number of hydrogen-bond acceptors (Lipinski definition) is 8. The molecule has 10 heteroatoms. The second-order valence-electron chi connectivity index (χ2n) is 7.75. The van der Waals surface area contributed by atoms with Gasteiger partial charge >= 0.3 is 11.9 Å². The van der Waals surface area contributed by atoms with Gasteiger partial charge in [0.1, 0.15) is 12.1 Å². The van der Waals surface area contributed by atoms with Crippen LogP contribution in [0.3, 0.4) is 0 Å². The van der Waals surface area contributed by atoms with Gasteiger partial charge in [-0.3, -0.25) is 24.0 Å². The Bertz CT molecular complexity index is 614. The van der Waals surface area contributed by atoms with Gasteiger partial charge in [-0.25, -0.2) is 0 Å². The third kappa shape index (κ3) is 12.9. The zero-order valence-corrected chi connectivity index (χ0v) is 19.1. The Morgan fingerprint density at radius 3 is 2.10 bits per heavy atom. The van der Waals surface area contributed by atoms with Crippen LogP contribution < -0.4 is 0 Å². The Hall–Kier alpha value is -2.10. The Balaban J connectivity index is 4.96. The number of nitrogens with zero attached hydrogens (tertiary/aromatic N) is 2. The molecule has 1 atom stereocenters. The summed E-state index contributed by atoms with van der Waals surface area (Å²) in [5.41, 5.74) is -0.715. The molecule has 0 aliphatic rings. The summed E-state index contributed by atoms with van der Waals surface area (Å²) < 4.78 is 10.1. The quantitative estimate of drug-likeness (QED) is 0.472. The third-order valence-corrected chi connectivity index (χ3v) is 4.52. The number of amides is 2. The average Bonchev–Trinajstić information content (AvgIpc) is 2.58. The highest BCUT2D eigenvalue weighted by molar-refractivity contribution is 8.13. The van der Waals surface area contributed by atoms with Gasteiger partial charge in [0.25, 0.3) is 5.91 Å². The molecule has 0 unspecified atom stereocenters. The number of hydrogen-bond donors (Lipinski definition) is 0. The predicted molar refractivity (Wildman–Crippen MR) is 109 cm³/mol. The van der Waals surface area contributed by atoms with E-state index >= 15 is 0 Å². The van der Waals surface area contributed by atoms with Gasteiger partial charge in [-0.1, -0.05) is 18.7 Å². The Kier molecular flexibility index (Phi) is 11.6. The highest BCUT2D eigenvalue weighted by Gasteiger charge is 2.26. The Morgan fingerprint density at radius 2 is 1.62 bits per heavy atom. The van der Waals surface area contributed by atoms with Gasteiger partial charge < -0.3 is 19.3 Å². The van der Waals surface area contributed by atoms with E-state index in [9.17, 15) is 24.0 Å². The van der Waals surface area contributed by atoms with Crippen molar-refractivity contribution in [3.63, 3.8) is 0 Å². The van der Waals surface area contributed by atoms with E-state index in [2.05, 4.69) is 0 Å². The first-order chi connectivity index (χ1) is 13.2. The number of esters is 2. The molecule has 0 saturated heterocycles. The van der Waals surface area contributed by atoms with Crippen molar-refractivity contribution in [2.24, 2.45) is 5.92 Å². The molecule has 0 heterocycles. The van der Waals surface area contributed by atoms with Crippen LogP contribution in [-0.4, -0.2) is 83.8 Å². The highest BCUT2D eigenvalue weighted by Crippen LogP contribution is 2.14. The number of carbonyl (C=O) groups excluding carboxylic acids is 5. The minimum atomic E-state index is -0.715. The minimum Gasteiger partial charge on any atom is -0.459 e. The zero-order valence-electron chi connectivity index (χ0n) is 18.3. The second kappa shape index (κ2) is 12.5. The minimum absolute atomic E-state index is 0.0673. The van der Waals surface area contributed by atoms with Crippen LogP contribution in [-0.2, 0) is 33.4 Å². The molecule has 29 heavy (non-hydrogen) atoms. The molecule has 0 fully saturated rings. The summed E-state index contributed by atoms with van der Waals surface area (Å²) in [6.07, 6.45) is -0.179. The molecule has 166 valence electrons. The molecule has 0 saturated carbocycles. The van der Waals surface area contributed by atoms with Gasteiger partial charge in [-0.2, -0.15) is 0 Å². The molecule has 0 aromatic heterocycles. The van der Waals surface area contributed by atoms with Gasteiger partial charge in [0, 0.05) is 39.2 Å². The SMILES string of the molecule is CC(=O)SC[C@@H](C)C(=O)N(CCC(=O)OCC(=O)N(C)C)CC(=O)OC(C)(C)C.